The summed E-state index contributed by atoms with van der Waals surface area (Å²) in [4.78, 5) is 16.6. The first-order valence-corrected chi connectivity index (χ1v) is 8.08. The molecule has 0 bridgehead atoms. The minimum absolute atomic E-state index is 0.152. The van der Waals surface area contributed by atoms with Crippen LogP contribution in [0.1, 0.15) is 33.1 Å². The molecule has 2 rings (SSSR count). The molecule has 1 atom stereocenters. The lowest BCUT2D eigenvalue weighted by molar-refractivity contribution is -0.390. The summed E-state index contributed by atoms with van der Waals surface area (Å²) in [6.45, 7) is 5.81. The molecule has 1 aromatic heterocycles. The number of anilines is 1. The van der Waals surface area contributed by atoms with Crippen molar-refractivity contribution in [2.75, 3.05) is 24.6 Å². The van der Waals surface area contributed by atoms with E-state index in [1.165, 1.54) is 0 Å². The highest BCUT2D eigenvalue weighted by Gasteiger charge is 2.22. The van der Waals surface area contributed by atoms with Crippen molar-refractivity contribution < 1.29 is 10.0 Å². The van der Waals surface area contributed by atoms with Crippen LogP contribution in [0.4, 0.5) is 11.6 Å². The molecule has 0 saturated carbocycles. The third-order valence-corrected chi connectivity index (χ3v) is 4.03. The second kappa shape index (κ2) is 8.94. The maximum absolute atomic E-state index is 10.9. The van der Waals surface area contributed by atoms with E-state index in [0.717, 1.165) is 32.4 Å². The summed E-state index contributed by atoms with van der Waals surface area (Å²) in [7, 11) is 0. The average Bonchev–Trinajstić information content (AvgIpc) is 2.75. The van der Waals surface area contributed by atoms with E-state index in [2.05, 4.69) is 25.8 Å². The van der Waals surface area contributed by atoms with E-state index >= 15 is 0 Å². The van der Waals surface area contributed by atoms with Gasteiger partial charge in [-0.05, 0) is 57.1 Å². The Kier molecular flexibility index (Phi) is 7.60. The molecular weight excluding hydrogens is 338 g/mol. The zero-order valence-corrected chi connectivity index (χ0v) is 14.0. The zero-order chi connectivity index (χ0) is 15.8. The van der Waals surface area contributed by atoms with Gasteiger partial charge in [0.15, 0.2) is 0 Å². The number of hydrogen-bond donors (Lipinski definition) is 1. The van der Waals surface area contributed by atoms with Crippen molar-refractivity contribution in [2.24, 2.45) is 5.92 Å². The number of nitrogens with zero attached hydrogens (tertiary/aromatic N) is 3. The van der Waals surface area contributed by atoms with Gasteiger partial charge in [-0.3, -0.25) is 0 Å². The third-order valence-electron chi connectivity index (χ3n) is 3.42. The van der Waals surface area contributed by atoms with Gasteiger partial charge in [0.1, 0.15) is 4.47 Å². The van der Waals surface area contributed by atoms with E-state index in [1.54, 1.807) is 12.1 Å². The molecule has 1 aliphatic rings. The fourth-order valence-corrected chi connectivity index (χ4v) is 2.67. The SMILES string of the molecule is CC.O=[N+]([O-])c1nc(N2CCCC(CO)CC2)ccc1Br. The molecule has 6 nitrogen and oxygen atoms in total. The van der Waals surface area contributed by atoms with Gasteiger partial charge < -0.3 is 20.1 Å². The van der Waals surface area contributed by atoms with Crippen LogP contribution in [0.3, 0.4) is 0 Å². The van der Waals surface area contributed by atoms with Crippen LogP contribution in [0.2, 0.25) is 0 Å². The predicted octanol–water partition coefficient (Wildman–Crippen LogP) is 3.38. The van der Waals surface area contributed by atoms with E-state index in [0.29, 0.717) is 16.2 Å². The van der Waals surface area contributed by atoms with Crippen LogP contribution in [0.25, 0.3) is 0 Å². The Hall–Kier alpha value is -1.21. The van der Waals surface area contributed by atoms with Crippen molar-refractivity contribution in [3.05, 3.63) is 26.7 Å². The summed E-state index contributed by atoms with van der Waals surface area (Å²) in [6.07, 6.45) is 2.85. The first kappa shape index (κ1) is 17.8. The molecule has 21 heavy (non-hydrogen) atoms. The smallest absolute Gasteiger partial charge is 0.380 e. The van der Waals surface area contributed by atoms with Crippen molar-refractivity contribution in [1.82, 2.24) is 4.98 Å². The molecule has 1 unspecified atom stereocenters. The Balaban J connectivity index is 0.00000106. The molecule has 0 aromatic carbocycles. The lowest BCUT2D eigenvalue weighted by Crippen LogP contribution is -2.25. The van der Waals surface area contributed by atoms with Gasteiger partial charge in [-0.1, -0.05) is 13.8 Å². The summed E-state index contributed by atoms with van der Waals surface area (Å²) in [5, 5.41) is 20.1. The molecule has 7 heteroatoms. The highest BCUT2D eigenvalue weighted by molar-refractivity contribution is 9.10. The minimum Gasteiger partial charge on any atom is -0.396 e. The van der Waals surface area contributed by atoms with E-state index in [1.807, 2.05) is 13.8 Å². The first-order valence-electron chi connectivity index (χ1n) is 7.28. The summed E-state index contributed by atoms with van der Waals surface area (Å²) in [5.41, 5.74) is 0. The van der Waals surface area contributed by atoms with Crippen molar-refractivity contribution in [2.45, 2.75) is 33.1 Å². The summed E-state index contributed by atoms with van der Waals surface area (Å²) in [6, 6.07) is 3.45. The molecule has 1 N–H and O–H groups in total. The van der Waals surface area contributed by atoms with Gasteiger partial charge in [-0.15, -0.1) is 0 Å². The Bertz CT molecular complexity index is 471. The fraction of sp³-hybridized carbons (Fsp3) is 0.643. The topological polar surface area (TPSA) is 79.5 Å². The van der Waals surface area contributed by atoms with Gasteiger partial charge in [0.2, 0.25) is 5.82 Å². The number of aliphatic hydroxyl groups excluding tert-OH is 1. The maximum Gasteiger partial charge on any atom is 0.380 e. The van der Waals surface area contributed by atoms with E-state index in [9.17, 15) is 15.2 Å². The highest BCUT2D eigenvalue weighted by Crippen LogP contribution is 2.27. The third kappa shape index (κ3) is 4.93. The molecule has 0 amide bonds. The fourth-order valence-electron chi connectivity index (χ4n) is 2.30. The molecular formula is C14H22BrN3O3. The molecule has 0 spiro atoms. The lowest BCUT2D eigenvalue weighted by atomic mass is 10.0. The summed E-state index contributed by atoms with van der Waals surface area (Å²) in [5.74, 6) is 0.810. The quantitative estimate of drug-likeness (QED) is 0.660. The number of halogens is 1. The van der Waals surface area contributed by atoms with Crippen LogP contribution in [-0.2, 0) is 0 Å². The maximum atomic E-state index is 10.9. The van der Waals surface area contributed by atoms with Crippen molar-refractivity contribution >= 4 is 27.6 Å². The van der Waals surface area contributed by atoms with Gasteiger partial charge in [0.25, 0.3) is 0 Å². The van der Waals surface area contributed by atoms with E-state index in [-0.39, 0.29) is 12.4 Å². The number of aliphatic hydroxyl groups is 1. The Morgan fingerprint density at radius 2 is 2.14 bits per heavy atom. The number of nitro groups is 1. The summed E-state index contributed by atoms with van der Waals surface area (Å²) >= 11 is 3.14. The number of pyridine rings is 1. The van der Waals surface area contributed by atoms with Crippen LogP contribution in [0.5, 0.6) is 0 Å². The van der Waals surface area contributed by atoms with Crippen molar-refractivity contribution in [3.8, 4) is 0 Å². The average molecular weight is 360 g/mol. The first-order chi connectivity index (χ1) is 10.1. The van der Waals surface area contributed by atoms with Crippen LogP contribution in [0.15, 0.2) is 16.6 Å². The molecule has 2 heterocycles. The monoisotopic (exact) mass is 359 g/mol. The lowest BCUT2D eigenvalue weighted by Gasteiger charge is -2.18. The van der Waals surface area contributed by atoms with Crippen LogP contribution >= 0.6 is 15.9 Å². The summed E-state index contributed by atoms with van der Waals surface area (Å²) < 4.78 is 0.393. The normalized spacial score (nSPS) is 18.5. The van der Waals surface area contributed by atoms with Gasteiger partial charge in [-0.25, -0.2) is 0 Å². The molecule has 1 fully saturated rings. The van der Waals surface area contributed by atoms with Crippen LogP contribution < -0.4 is 4.90 Å². The molecule has 1 aromatic rings. The van der Waals surface area contributed by atoms with Crippen molar-refractivity contribution in [1.29, 1.82) is 0 Å². The standard InChI is InChI=1S/C12H16BrN3O3.C2H6/c13-10-3-4-11(14-12(10)16(18)19)15-6-1-2-9(8-17)5-7-15;1-2/h3-4,9,17H,1-2,5-8H2;1-2H3. The van der Waals surface area contributed by atoms with Crippen molar-refractivity contribution in [3.63, 3.8) is 0 Å². The minimum atomic E-state index is -0.484. The zero-order valence-electron chi connectivity index (χ0n) is 12.5. The largest absolute Gasteiger partial charge is 0.396 e. The van der Waals surface area contributed by atoms with Gasteiger partial charge >= 0.3 is 5.82 Å². The van der Waals surface area contributed by atoms with Gasteiger partial charge in [-0.2, -0.15) is 0 Å². The molecule has 0 aliphatic carbocycles. The highest BCUT2D eigenvalue weighted by atomic mass is 79.9. The van der Waals surface area contributed by atoms with E-state index < -0.39 is 4.92 Å². The number of rotatable bonds is 3. The van der Waals surface area contributed by atoms with E-state index in [4.69, 9.17) is 0 Å². The van der Waals surface area contributed by atoms with Crippen LogP contribution in [0, 0.1) is 16.0 Å². The molecule has 0 radical (unpaired) electrons. The Morgan fingerprint density at radius 1 is 1.43 bits per heavy atom. The Morgan fingerprint density at radius 3 is 2.76 bits per heavy atom. The second-order valence-corrected chi connectivity index (χ2v) is 5.55. The van der Waals surface area contributed by atoms with Crippen LogP contribution in [-0.4, -0.2) is 34.7 Å². The van der Waals surface area contributed by atoms with Gasteiger partial charge in [0.05, 0.1) is 0 Å². The number of hydrogen-bond acceptors (Lipinski definition) is 5. The predicted molar refractivity (Wildman–Crippen MR) is 86.6 cm³/mol. The Labute approximate surface area is 133 Å². The number of aromatic nitrogens is 1. The molecule has 1 aliphatic heterocycles. The van der Waals surface area contributed by atoms with Gasteiger partial charge in [0, 0.05) is 25.8 Å². The molecule has 1 saturated heterocycles. The second-order valence-electron chi connectivity index (χ2n) is 4.70. The molecule has 118 valence electrons.